The Labute approximate surface area is 142 Å². The Kier molecular flexibility index (Phi) is 4.78. The van der Waals surface area contributed by atoms with Crippen molar-refractivity contribution in [1.82, 2.24) is 9.88 Å². The van der Waals surface area contributed by atoms with Crippen molar-refractivity contribution in [2.75, 3.05) is 31.1 Å². The van der Waals surface area contributed by atoms with Crippen LogP contribution in [-0.4, -0.2) is 47.5 Å². The van der Waals surface area contributed by atoms with Gasteiger partial charge in [0.25, 0.3) is 0 Å². The molecule has 2 fully saturated rings. The van der Waals surface area contributed by atoms with Gasteiger partial charge in [0.2, 0.25) is 5.91 Å². The first kappa shape index (κ1) is 16.5. The molecule has 0 bridgehead atoms. The maximum absolute atomic E-state index is 12.9. The minimum absolute atomic E-state index is 0.0351. The average Bonchev–Trinajstić information content (AvgIpc) is 2.54. The highest BCUT2D eigenvalue weighted by molar-refractivity contribution is 6.30. The van der Waals surface area contributed by atoms with Crippen LogP contribution >= 0.6 is 11.6 Å². The van der Waals surface area contributed by atoms with Gasteiger partial charge in [0, 0.05) is 42.9 Å². The van der Waals surface area contributed by atoms with Crippen LogP contribution in [0.25, 0.3) is 0 Å². The predicted octanol–water partition coefficient (Wildman–Crippen LogP) is 2.29. The summed E-state index contributed by atoms with van der Waals surface area (Å²) in [6.07, 6.45) is 5.81. The third-order valence-corrected chi connectivity index (χ3v) is 5.41. The van der Waals surface area contributed by atoms with Crippen LogP contribution in [0.3, 0.4) is 0 Å². The number of hydrogen-bond acceptors (Lipinski definition) is 4. The molecule has 1 aromatic heterocycles. The van der Waals surface area contributed by atoms with Crippen molar-refractivity contribution < 1.29 is 4.79 Å². The second kappa shape index (κ2) is 6.65. The highest BCUT2D eigenvalue weighted by Gasteiger charge is 2.40. The van der Waals surface area contributed by atoms with Crippen LogP contribution in [-0.2, 0) is 4.79 Å². The first-order valence-corrected chi connectivity index (χ1v) is 8.79. The number of carbonyl (C=O) groups excluding carboxylic acids is 1. The number of nitrogens with zero attached hydrogens (tertiary/aromatic N) is 3. The van der Waals surface area contributed by atoms with Crippen LogP contribution in [0.15, 0.2) is 18.3 Å². The number of anilines is 1. The molecule has 3 rings (SSSR count). The van der Waals surface area contributed by atoms with Gasteiger partial charge in [0.15, 0.2) is 0 Å². The lowest BCUT2D eigenvalue weighted by Gasteiger charge is -2.42. The van der Waals surface area contributed by atoms with E-state index in [0.717, 1.165) is 57.7 Å². The number of nitrogens with two attached hydrogens (primary N) is 1. The summed E-state index contributed by atoms with van der Waals surface area (Å²) in [5.74, 6) is 1.08. The van der Waals surface area contributed by atoms with Gasteiger partial charge in [-0.2, -0.15) is 0 Å². The lowest BCUT2D eigenvalue weighted by atomic mass is 9.74. The fourth-order valence-electron chi connectivity index (χ4n) is 3.71. The Morgan fingerprint density at radius 3 is 2.74 bits per heavy atom. The molecule has 1 aliphatic carbocycles. The number of hydrogen-bond donors (Lipinski definition) is 1. The molecule has 2 unspecified atom stereocenters. The molecule has 1 saturated carbocycles. The van der Waals surface area contributed by atoms with E-state index < -0.39 is 0 Å². The summed E-state index contributed by atoms with van der Waals surface area (Å²) in [5, 5.41) is 0.689. The van der Waals surface area contributed by atoms with Crippen molar-refractivity contribution in [3.63, 3.8) is 0 Å². The van der Waals surface area contributed by atoms with E-state index in [2.05, 4.69) is 9.88 Å². The zero-order valence-electron chi connectivity index (χ0n) is 13.7. The molecule has 2 N–H and O–H groups in total. The highest BCUT2D eigenvalue weighted by atomic mass is 35.5. The van der Waals surface area contributed by atoms with E-state index in [1.807, 2.05) is 17.9 Å². The zero-order valence-corrected chi connectivity index (χ0v) is 14.4. The quantitative estimate of drug-likeness (QED) is 0.900. The molecule has 1 aliphatic heterocycles. The molecular formula is C17H25ClN4O. The maximum Gasteiger partial charge on any atom is 0.227 e. The molecular weight excluding hydrogens is 312 g/mol. The molecule has 0 radical (unpaired) electrons. The lowest BCUT2D eigenvalue weighted by Crippen LogP contribution is -2.57. The van der Waals surface area contributed by atoms with E-state index in [4.69, 9.17) is 17.3 Å². The standard InChI is InChI=1S/C17H25ClN4O/c1-17(19)6-3-2-4-14(17)16(23)22-10-8-21(9-11-22)15-12-13(18)5-7-20-15/h5,7,12,14H,2-4,6,8-11,19H2,1H3. The molecule has 23 heavy (non-hydrogen) atoms. The fourth-order valence-corrected chi connectivity index (χ4v) is 3.86. The number of amides is 1. The van der Waals surface area contributed by atoms with Gasteiger partial charge in [-0.3, -0.25) is 4.79 Å². The Balaban J connectivity index is 1.61. The van der Waals surface area contributed by atoms with Gasteiger partial charge in [-0.05, 0) is 31.9 Å². The highest BCUT2D eigenvalue weighted by Crippen LogP contribution is 2.33. The molecule has 126 valence electrons. The maximum atomic E-state index is 12.9. The number of rotatable bonds is 2. The molecule has 2 heterocycles. The van der Waals surface area contributed by atoms with Crippen LogP contribution in [0.5, 0.6) is 0 Å². The Morgan fingerprint density at radius 1 is 1.35 bits per heavy atom. The van der Waals surface area contributed by atoms with Gasteiger partial charge in [0.1, 0.15) is 5.82 Å². The van der Waals surface area contributed by atoms with E-state index in [1.54, 1.807) is 12.3 Å². The van der Waals surface area contributed by atoms with Crippen LogP contribution in [0.1, 0.15) is 32.6 Å². The van der Waals surface area contributed by atoms with Gasteiger partial charge >= 0.3 is 0 Å². The van der Waals surface area contributed by atoms with E-state index in [-0.39, 0.29) is 17.4 Å². The van der Waals surface area contributed by atoms with Crippen molar-refractivity contribution in [3.8, 4) is 0 Å². The van der Waals surface area contributed by atoms with E-state index >= 15 is 0 Å². The first-order valence-electron chi connectivity index (χ1n) is 8.41. The molecule has 0 aromatic carbocycles. The molecule has 6 heteroatoms. The van der Waals surface area contributed by atoms with E-state index in [0.29, 0.717) is 5.02 Å². The first-order chi connectivity index (χ1) is 11.0. The monoisotopic (exact) mass is 336 g/mol. The van der Waals surface area contributed by atoms with Gasteiger partial charge in [-0.15, -0.1) is 0 Å². The Morgan fingerprint density at radius 2 is 2.09 bits per heavy atom. The van der Waals surface area contributed by atoms with E-state index in [9.17, 15) is 4.79 Å². The number of halogens is 1. The summed E-state index contributed by atoms with van der Waals surface area (Å²) in [7, 11) is 0. The van der Waals surface area contributed by atoms with Gasteiger partial charge < -0.3 is 15.5 Å². The molecule has 0 spiro atoms. The van der Waals surface area contributed by atoms with Crippen molar-refractivity contribution in [2.24, 2.45) is 11.7 Å². The minimum Gasteiger partial charge on any atom is -0.353 e. The second-order valence-corrected chi connectivity index (χ2v) is 7.39. The van der Waals surface area contributed by atoms with Crippen LogP contribution in [0.4, 0.5) is 5.82 Å². The summed E-state index contributed by atoms with van der Waals surface area (Å²) in [4.78, 5) is 21.4. The van der Waals surface area contributed by atoms with Gasteiger partial charge in [0.05, 0.1) is 5.92 Å². The Hall–Kier alpha value is -1.33. The van der Waals surface area contributed by atoms with E-state index in [1.165, 1.54) is 0 Å². The predicted molar refractivity (Wildman–Crippen MR) is 92.6 cm³/mol. The molecule has 2 aliphatic rings. The fraction of sp³-hybridized carbons (Fsp3) is 0.647. The van der Waals surface area contributed by atoms with Crippen molar-refractivity contribution in [1.29, 1.82) is 0 Å². The third-order valence-electron chi connectivity index (χ3n) is 5.18. The van der Waals surface area contributed by atoms with Crippen LogP contribution in [0, 0.1) is 5.92 Å². The SMILES string of the molecule is CC1(N)CCCCC1C(=O)N1CCN(c2cc(Cl)ccn2)CC1. The summed E-state index contributed by atoms with van der Waals surface area (Å²) in [5.41, 5.74) is 6.02. The molecule has 1 amide bonds. The topological polar surface area (TPSA) is 62.5 Å². The van der Waals surface area contributed by atoms with Crippen LogP contribution in [0.2, 0.25) is 5.02 Å². The van der Waals surface area contributed by atoms with Gasteiger partial charge in [-0.25, -0.2) is 4.98 Å². The van der Waals surface area contributed by atoms with Crippen molar-refractivity contribution in [3.05, 3.63) is 23.4 Å². The number of piperazine rings is 1. The normalized spacial score (nSPS) is 28.7. The molecule has 1 aromatic rings. The zero-order chi connectivity index (χ0) is 16.4. The number of pyridine rings is 1. The summed E-state index contributed by atoms with van der Waals surface area (Å²) in [6, 6.07) is 3.65. The third kappa shape index (κ3) is 3.61. The Bertz CT molecular complexity index is 569. The lowest BCUT2D eigenvalue weighted by molar-refractivity contribution is -0.139. The molecule has 1 saturated heterocycles. The summed E-state index contributed by atoms with van der Waals surface area (Å²) < 4.78 is 0. The smallest absolute Gasteiger partial charge is 0.227 e. The van der Waals surface area contributed by atoms with Gasteiger partial charge in [-0.1, -0.05) is 24.4 Å². The van der Waals surface area contributed by atoms with Crippen LogP contribution < -0.4 is 10.6 Å². The number of aromatic nitrogens is 1. The summed E-state index contributed by atoms with van der Waals surface area (Å²) in [6.45, 7) is 5.04. The minimum atomic E-state index is -0.360. The molecule has 5 nitrogen and oxygen atoms in total. The number of carbonyl (C=O) groups is 1. The van der Waals surface area contributed by atoms with Crippen molar-refractivity contribution >= 4 is 23.3 Å². The summed E-state index contributed by atoms with van der Waals surface area (Å²) >= 11 is 6.03. The second-order valence-electron chi connectivity index (χ2n) is 6.95. The molecule has 2 atom stereocenters. The average molecular weight is 337 g/mol. The van der Waals surface area contributed by atoms with Crippen molar-refractivity contribution in [2.45, 2.75) is 38.1 Å². The largest absolute Gasteiger partial charge is 0.353 e.